The highest BCUT2D eigenvalue weighted by atomic mass is 35.5. The molecule has 0 unspecified atom stereocenters. The largest absolute Gasteiger partial charge is 0.489 e. The summed E-state index contributed by atoms with van der Waals surface area (Å²) < 4.78 is 47.5. The molecule has 0 atom stereocenters. The number of halogens is 4. The summed E-state index contributed by atoms with van der Waals surface area (Å²) in [5.41, 5.74) is 4.35. The second-order valence-corrected chi connectivity index (χ2v) is 8.45. The van der Waals surface area contributed by atoms with Gasteiger partial charge in [0, 0.05) is 30.4 Å². The SMILES string of the molecule is Cl.Cn1c2c(c3ccc(-n4ccc(OCc5ccc(C(F)(F)F)cc5)cc4=O)cc31)CCCC2. The molecule has 2 aromatic heterocycles. The third-order valence-electron chi connectivity index (χ3n) is 6.37. The molecule has 2 aromatic carbocycles. The molecule has 0 amide bonds. The average Bonchev–Trinajstić information content (AvgIpc) is 3.09. The minimum Gasteiger partial charge on any atom is -0.489 e. The number of hydrogen-bond acceptors (Lipinski definition) is 2. The lowest BCUT2D eigenvalue weighted by atomic mass is 9.95. The van der Waals surface area contributed by atoms with E-state index in [4.69, 9.17) is 4.74 Å². The predicted octanol–water partition coefficient (Wildman–Crippen LogP) is 6.23. The van der Waals surface area contributed by atoms with Crippen molar-refractivity contribution < 1.29 is 17.9 Å². The van der Waals surface area contributed by atoms with Gasteiger partial charge in [0.2, 0.25) is 0 Å². The zero-order valence-electron chi connectivity index (χ0n) is 18.6. The fraction of sp³-hybridized carbons (Fsp3) is 0.269. The molecule has 0 N–H and O–H groups in total. The van der Waals surface area contributed by atoms with Gasteiger partial charge in [0.05, 0.1) is 16.8 Å². The first-order chi connectivity index (χ1) is 15.8. The van der Waals surface area contributed by atoms with E-state index in [0.717, 1.165) is 36.2 Å². The molecule has 0 aliphatic heterocycles. The zero-order chi connectivity index (χ0) is 23.2. The second-order valence-electron chi connectivity index (χ2n) is 8.45. The van der Waals surface area contributed by atoms with E-state index >= 15 is 0 Å². The number of benzene rings is 2. The normalized spacial score (nSPS) is 13.4. The maximum atomic E-state index is 12.8. The van der Waals surface area contributed by atoms with Crippen LogP contribution in [0.3, 0.4) is 0 Å². The van der Waals surface area contributed by atoms with E-state index in [0.29, 0.717) is 11.3 Å². The standard InChI is InChI=1S/C26H23F3N2O2.ClH/c1-30-23-5-3-2-4-21(23)22-11-10-19(14-24(22)30)31-13-12-20(15-25(31)32)33-16-17-6-8-18(9-7-17)26(27,28)29;/h6-15H,2-5,16H2,1H3;1H. The number of nitrogens with zero attached hydrogens (tertiary/aromatic N) is 2. The van der Waals surface area contributed by atoms with Gasteiger partial charge >= 0.3 is 6.18 Å². The topological polar surface area (TPSA) is 36.2 Å². The number of rotatable bonds is 4. The van der Waals surface area contributed by atoms with Gasteiger partial charge in [-0.25, -0.2) is 0 Å². The van der Waals surface area contributed by atoms with Gasteiger partial charge < -0.3 is 9.30 Å². The van der Waals surface area contributed by atoms with Crippen molar-refractivity contribution in [3.8, 4) is 11.4 Å². The average molecular weight is 489 g/mol. The maximum absolute atomic E-state index is 12.8. The lowest BCUT2D eigenvalue weighted by molar-refractivity contribution is -0.137. The van der Waals surface area contributed by atoms with Crippen molar-refractivity contribution in [1.82, 2.24) is 9.13 Å². The first-order valence-electron chi connectivity index (χ1n) is 10.9. The molecule has 1 aliphatic carbocycles. The third-order valence-corrected chi connectivity index (χ3v) is 6.37. The minimum atomic E-state index is -4.37. The van der Waals surface area contributed by atoms with E-state index in [2.05, 4.69) is 17.7 Å². The van der Waals surface area contributed by atoms with Crippen LogP contribution in [0.25, 0.3) is 16.6 Å². The van der Waals surface area contributed by atoms with Crippen LogP contribution in [0.4, 0.5) is 13.2 Å². The molecule has 0 bridgehead atoms. The molecule has 0 radical (unpaired) electrons. The van der Waals surface area contributed by atoms with Gasteiger partial charge in [0.15, 0.2) is 0 Å². The summed E-state index contributed by atoms with van der Waals surface area (Å²) in [7, 11) is 2.08. The number of ether oxygens (including phenoxy) is 1. The summed E-state index contributed by atoms with van der Waals surface area (Å²) in [6.07, 6.45) is 1.89. The van der Waals surface area contributed by atoms with Crippen LogP contribution in [-0.4, -0.2) is 9.13 Å². The minimum absolute atomic E-state index is 0. The molecule has 0 saturated carbocycles. The Bertz CT molecular complexity index is 1390. The zero-order valence-corrected chi connectivity index (χ0v) is 19.4. The van der Waals surface area contributed by atoms with Gasteiger partial charge in [-0.3, -0.25) is 9.36 Å². The van der Waals surface area contributed by atoms with Crippen LogP contribution in [0, 0.1) is 0 Å². The Morgan fingerprint density at radius 3 is 2.41 bits per heavy atom. The first kappa shape index (κ1) is 24.0. The van der Waals surface area contributed by atoms with Crippen molar-refractivity contribution in [1.29, 1.82) is 0 Å². The van der Waals surface area contributed by atoms with Crippen LogP contribution in [0.5, 0.6) is 5.75 Å². The molecule has 34 heavy (non-hydrogen) atoms. The highest BCUT2D eigenvalue weighted by molar-refractivity contribution is 5.87. The molecular weight excluding hydrogens is 465 g/mol. The summed E-state index contributed by atoms with van der Waals surface area (Å²) in [4.78, 5) is 12.8. The van der Waals surface area contributed by atoms with Gasteiger partial charge in [0.1, 0.15) is 12.4 Å². The fourth-order valence-electron chi connectivity index (χ4n) is 4.62. The first-order valence-corrected chi connectivity index (χ1v) is 10.9. The Hall–Kier alpha value is -3.19. The van der Waals surface area contributed by atoms with Gasteiger partial charge in [0.25, 0.3) is 5.56 Å². The van der Waals surface area contributed by atoms with E-state index in [1.165, 1.54) is 47.7 Å². The summed E-state index contributed by atoms with van der Waals surface area (Å²) in [6.45, 7) is 0.0719. The highest BCUT2D eigenvalue weighted by Gasteiger charge is 2.29. The van der Waals surface area contributed by atoms with Crippen molar-refractivity contribution in [2.45, 2.75) is 38.5 Å². The molecule has 5 rings (SSSR count). The molecule has 178 valence electrons. The van der Waals surface area contributed by atoms with Gasteiger partial charge in [-0.15, -0.1) is 12.4 Å². The smallest absolute Gasteiger partial charge is 0.416 e. The number of aromatic nitrogens is 2. The lowest BCUT2D eigenvalue weighted by Crippen LogP contribution is -2.16. The van der Waals surface area contributed by atoms with Crippen LogP contribution in [0.2, 0.25) is 0 Å². The molecular formula is C26H24ClF3N2O2. The quantitative estimate of drug-likeness (QED) is 0.341. The van der Waals surface area contributed by atoms with Crippen LogP contribution < -0.4 is 10.3 Å². The van der Waals surface area contributed by atoms with E-state index in [9.17, 15) is 18.0 Å². The Kier molecular flexibility index (Phi) is 6.49. The molecule has 0 saturated heterocycles. The number of aryl methyl sites for hydroxylation is 2. The molecule has 0 fully saturated rings. The van der Waals surface area contributed by atoms with Crippen molar-refractivity contribution in [2.75, 3.05) is 0 Å². The van der Waals surface area contributed by atoms with Crippen molar-refractivity contribution in [3.63, 3.8) is 0 Å². The summed E-state index contributed by atoms with van der Waals surface area (Å²) in [5, 5.41) is 1.25. The molecule has 1 aliphatic rings. The number of alkyl halides is 3. The van der Waals surface area contributed by atoms with Crippen molar-refractivity contribution in [2.24, 2.45) is 7.05 Å². The van der Waals surface area contributed by atoms with Crippen LogP contribution in [0.1, 0.15) is 35.2 Å². The maximum Gasteiger partial charge on any atom is 0.416 e. The van der Waals surface area contributed by atoms with Gasteiger partial charge in [-0.05, 0) is 67.1 Å². The van der Waals surface area contributed by atoms with E-state index in [-0.39, 0.29) is 24.6 Å². The second kappa shape index (κ2) is 9.22. The van der Waals surface area contributed by atoms with Crippen LogP contribution in [0.15, 0.2) is 65.6 Å². The predicted molar refractivity (Wildman–Crippen MR) is 128 cm³/mol. The Morgan fingerprint density at radius 1 is 0.971 bits per heavy atom. The van der Waals surface area contributed by atoms with Gasteiger partial charge in [-0.1, -0.05) is 18.2 Å². The highest BCUT2D eigenvalue weighted by Crippen LogP contribution is 2.32. The molecule has 2 heterocycles. The lowest BCUT2D eigenvalue weighted by Gasteiger charge is -2.12. The monoisotopic (exact) mass is 488 g/mol. The number of hydrogen-bond donors (Lipinski definition) is 0. The Balaban J connectivity index is 0.00000274. The Morgan fingerprint density at radius 2 is 1.71 bits per heavy atom. The van der Waals surface area contributed by atoms with E-state index < -0.39 is 11.7 Å². The van der Waals surface area contributed by atoms with Crippen LogP contribution in [-0.2, 0) is 32.7 Å². The summed E-state index contributed by atoms with van der Waals surface area (Å²) >= 11 is 0. The summed E-state index contributed by atoms with van der Waals surface area (Å²) in [6, 6.07) is 14.0. The fourth-order valence-corrected chi connectivity index (χ4v) is 4.62. The number of pyridine rings is 1. The van der Waals surface area contributed by atoms with Crippen molar-refractivity contribution in [3.05, 3.63) is 93.5 Å². The molecule has 0 spiro atoms. The number of fused-ring (bicyclic) bond motifs is 3. The van der Waals surface area contributed by atoms with E-state index in [1.54, 1.807) is 16.8 Å². The molecule has 8 heteroatoms. The van der Waals surface area contributed by atoms with Crippen LogP contribution >= 0.6 is 12.4 Å². The van der Waals surface area contributed by atoms with E-state index in [1.807, 2.05) is 12.1 Å². The van der Waals surface area contributed by atoms with Crippen molar-refractivity contribution >= 4 is 23.3 Å². The summed E-state index contributed by atoms with van der Waals surface area (Å²) in [5.74, 6) is 0.367. The van der Waals surface area contributed by atoms with Gasteiger partial charge in [-0.2, -0.15) is 13.2 Å². The third kappa shape index (κ3) is 4.44. The Labute approximate surface area is 201 Å². The molecule has 4 aromatic rings. The molecule has 4 nitrogen and oxygen atoms in total.